The van der Waals surface area contributed by atoms with E-state index in [9.17, 15) is 8.42 Å². The van der Waals surface area contributed by atoms with E-state index in [1.165, 1.54) is 6.07 Å². The molecular formula is C12H17BrN2O2S. The van der Waals surface area contributed by atoms with Crippen LogP contribution in [0.1, 0.15) is 19.8 Å². The quantitative estimate of drug-likeness (QED) is 0.846. The first kappa shape index (κ1) is 13.8. The maximum Gasteiger partial charge on any atom is 0.243 e. The highest BCUT2D eigenvalue weighted by molar-refractivity contribution is 9.10. The van der Waals surface area contributed by atoms with Crippen molar-refractivity contribution in [3.05, 3.63) is 22.7 Å². The van der Waals surface area contributed by atoms with E-state index in [1.54, 1.807) is 16.4 Å². The summed E-state index contributed by atoms with van der Waals surface area (Å²) in [7, 11) is -3.40. The zero-order valence-electron chi connectivity index (χ0n) is 10.3. The van der Waals surface area contributed by atoms with Crippen LogP contribution < -0.4 is 5.73 Å². The van der Waals surface area contributed by atoms with Gasteiger partial charge in [0.1, 0.15) is 0 Å². The second-order valence-electron chi connectivity index (χ2n) is 4.79. The Kier molecular flexibility index (Phi) is 3.99. The number of hydrogen-bond acceptors (Lipinski definition) is 3. The smallest absolute Gasteiger partial charge is 0.243 e. The molecule has 0 aromatic heterocycles. The van der Waals surface area contributed by atoms with Crippen LogP contribution in [0, 0.1) is 5.92 Å². The maximum absolute atomic E-state index is 12.5. The van der Waals surface area contributed by atoms with Crippen LogP contribution in [0.25, 0.3) is 0 Å². The second kappa shape index (κ2) is 5.19. The van der Waals surface area contributed by atoms with Gasteiger partial charge in [-0.1, -0.05) is 6.92 Å². The van der Waals surface area contributed by atoms with E-state index >= 15 is 0 Å². The van der Waals surface area contributed by atoms with Crippen molar-refractivity contribution in [3.63, 3.8) is 0 Å². The monoisotopic (exact) mass is 332 g/mol. The van der Waals surface area contributed by atoms with Crippen molar-refractivity contribution < 1.29 is 8.42 Å². The van der Waals surface area contributed by atoms with Crippen LogP contribution in [-0.4, -0.2) is 25.8 Å². The molecule has 2 N–H and O–H groups in total. The zero-order chi connectivity index (χ0) is 13.3. The Labute approximate surface area is 116 Å². The molecule has 1 aromatic rings. The summed E-state index contributed by atoms with van der Waals surface area (Å²) >= 11 is 3.27. The van der Waals surface area contributed by atoms with Crippen LogP contribution in [0.2, 0.25) is 0 Å². The van der Waals surface area contributed by atoms with Gasteiger partial charge < -0.3 is 5.73 Å². The summed E-state index contributed by atoms with van der Waals surface area (Å²) in [6, 6.07) is 4.78. The third-order valence-corrected chi connectivity index (χ3v) is 5.81. The lowest BCUT2D eigenvalue weighted by Crippen LogP contribution is -2.39. The minimum atomic E-state index is -3.40. The Bertz CT molecular complexity index is 545. The van der Waals surface area contributed by atoms with Crippen molar-refractivity contribution in [3.8, 4) is 0 Å². The molecule has 1 atom stereocenters. The maximum atomic E-state index is 12.5. The number of sulfonamides is 1. The van der Waals surface area contributed by atoms with Gasteiger partial charge in [0.25, 0.3) is 0 Å². The van der Waals surface area contributed by atoms with Gasteiger partial charge in [0.2, 0.25) is 10.0 Å². The number of nitrogens with two attached hydrogens (primary N) is 1. The highest BCUT2D eigenvalue weighted by Crippen LogP contribution is 2.27. The van der Waals surface area contributed by atoms with Gasteiger partial charge in [-0.15, -0.1) is 0 Å². The molecule has 1 aromatic carbocycles. The second-order valence-corrected chi connectivity index (χ2v) is 7.59. The van der Waals surface area contributed by atoms with Crippen LogP contribution >= 0.6 is 15.9 Å². The molecule has 1 aliphatic rings. The molecule has 0 saturated carbocycles. The van der Waals surface area contributed by atoms with Crippen LogP contribution in [-0.2, 0) is 10.0 Å². The molecule has 1 fully saturated rings. The molecule has 0 spiro atoms. The number of anilines is 1. The summed E-state index contributed by atoms with van der Waals surface area (Å²) in [6.07, 6.45) is 2.01. The molecular weight excluding hydrogens is 316 g/mol. The third kappa shape index (κ3) is 2.70. The van der Waals surface area contributed by atoms with Crippen molar-refractivity contribution in [2.24, 2.45) is 5.92 Å². The summed E-state index contributed by atoms with van der Waals surface area (Å²) in [5, 5.41) is 0. The van der Waals surface area contributed by atoms with Gasteiger partial charge >= 0.3 is 0 Å². The van der Waals surface area contributed by atoms with Gasteiger partial charge in [-0.2, -0.15) is 4.31 Å². The summed E-state index contributed by atoms with van der Waals surface area (Å²) in [6.45, 7) is 3.28. The minimum Gasteiger partial charge on any atom is -0.398 e. The predicted octanol–water partition coefficient (Wildman–Crippen LogP) is 2.45. The SMILES string of the molecule is CC1CCCN(S(=O)(=O)c2ccc(Br)c(N)c2)C1. The lowest BCUT2D eigenvalue weighted by molar-refractivity contribution is 0.281. The number of rotatable bonds is 2. The number of halogens is 1. The molecule has 1 aliphatic heterocycles. The first-order chi connectivity index (χ1) is 8.41. The van der Waals surface area contributed by atoms with Gasteiger partial charge in [0, 0.05) is 23.2 Å². The largest absolute Gasteiger partial charge is 0.398 e. The van der Waals surface area contributed by atoms with Crippen LogP contribution in [0.15, 0.2) is 27.6 Å². The average molecular weight is 333 g/mol. The molecule has 18 heavy (non-hydrogen) atoms. The van der Waals surface area contributed by atoms with Crippen molar-refractivity contribution in [2.75, 3.05) is 18.8 Å². The van der Waals surface area contributed by atoms with Crippen molar-refractivity contribution in [1.82, 2.24) is 4.31 Å². The van der Waals surface area contributed by atoms with Gasteiger partial charge in [0.15, 0.2) is 0 Å². The van der Waals surface area contributed by atoms with Crippen molar-refractivity contribution in [2.45, 2.75) is 24.7 Å². The zero-order valence-corrected chi connectivity index (χ0v) is 12.7. The first-order valence-corrected chi connectivity index (χ1v) is 8.20. The van der Waals surface area contributed by atoms with Gasteiger partial charge in [0.05, 0.1) is 4.90 Å². The predicted molar refractivity (Wildman–Crippen MR) is 75.7 cm³/mol. The number of nitrogen functional groups attached to an aromatic ring is 1. The number of benzene rings is 1. The topological polar surface area (TPSA) is 63.4 Å². The van der Waals surface area contributed by atoms with Crippen molar-refractivity contribution in [1.29, 1.82) is 0 Å². The molecule has 0 radical (unpaired) electrons. The number of piperidine rings is 1. The molecule has 1 heterocycles. The Morgan fingerprint density at radius 2 is 2.17 bits per heavy atom. The Morgan fingerprint density at radius 1 is 1.44 bits per heavy atom. The molecule has 0 bridgehead atoms. The summed E-state index contributed by atoms with van der Waals surface area (Å²) < 4.78 is 27.2. The molecule has 0 amide bonds. The highest BCUT2D eigenvalue weighted by Gasteiger charge is 2.28. The van der Waals surface area contributed by atoms with E-state index in [-0.39, 0.29) is 4.90 Å². The van der Waals surface area contributed by atoms with Gasteiger partial charge in [-0.25, -0.2) is 8.42 Å². The van der Waals surface area contributed by atoms with Crippen LogP contribution in [0.5, 0.6) is 0 Å². The average Bonchev–Trinajstić information content (AvgIpc) is 2.32. The molecule has 6 heteroatoms. The Hall–Kier alpha value is -0.590. The molecule has 1 saturated heterocycles. The normalized spacial score (nSPS) is 22.0. The van der Waals surface area contributed by atoms with E-state index in [2.05, 4.69) is 22.9 Å². The minimum absolute atomic E-state index is 0.275. The Morgan fingerprint density at radius 3 is 2.78 bits per heavy atom. The van der Waals surface area contributed by atoms with E-state index in [4.69, 9.17) is 5.73 Å². The summed E-state index contributed by atoms with van der Waals surface area (Å²) in [5.41, 5.74) is 6.19. The molecule has 1 unspecified atom stereocenters. The van der Waals surface area contributed by atoms with E-state index in [0.717, 1.165) is 12.8 Å². The fourth-order valence-electron chi connectivity index (χ4n) is 2.20. The number of nitrogens with zero attached hydrogens (tertiary/aromatic N) is 1. The number of hydrogen-bond donors (Lipinski definition) is 1. The highest BCUT2D eigenvalue weighted by atomic mass is 79.9. The van der Waals surface area contributed by atoms with Crippen LogP contribution in [0.3, 0.4) is 0 Å². The molecule has 100 valence electrons. The van der Waals surface area contributed by atoms with E-state index < -0.39 is 10.0 Å². The van der Waals surface area contributed by atoms with Crippen molar-refractivity contribution >= 4 is 31.6 Å². The van der Waals surface area contributed by atoms with Gasteiger partial charge in [-0.3, -0.25) is 0 Å². The fourth-order valence-corrected chi connectivity index (χ4v) is 4.08. The van der Waals surface area contributed by atoms with Crippen LogP contribution in [0.4, 0.5) is 5.69 Å². The fraction of sp³-hybridized carbons (Fsp3) is 0.500. The summed E-state index contributed by atoms with van der Waals surface area (Å²) in [4.78, 5) is 0.275. The standard InChI is InChI=1S/C12H17BrN2O2S/c1-9-3-2-6-15(8-9)18(16,17)10-4-5-11(13)12(14)7-10/h4-5,7,9H,2-3,6,8,14H2,1H3. The molecule has 2 rings (SSSR count). The Balaban J connectivity index is 2.32. The molecule has 4 nitrogen and oxygen atoms in total. The first-order valence-electron chi connectivity index (χ1n) is 5.96. The summed E-state index contributed by atoms with van der Waals surface area (Å²) in [5.74, 6) is 0.418. The van der Waals surface area contributed by atoms with E-state index in [0.29, 0.717) is 29.2 Å². The molecule has 0 aliphatic carbocycles. The third-order valence-electron chi connectivity index (χ3n) is 3.22. The lowest BCUT2D eigenvalue weighted by atomic mass is 10.0. The van der Waals surface area contributed by atoms with E-state index in [1.807, 2.05) is 0 Å². The lowest BCUT2D eigenvalue weighted by Gasteiger charge is -2.30. The van der Waals surface area contributed by atoms with Gasteiger partial charge in [-0.05, 0) is 52.9 Å².